The molecule has 9 heteroatoms. The molecule has 1 saturated heterocycles. The van der Waals surface area contributed by atoms with Gasteiger partial charge in [-0.2, -0.15) is 0 Å². The molecule has 0 amide bonds. The van der Waals surface area contributed by atoms with Crippen LogP contribution in [-0.4, -0.2) is 57.7 Å². The molecule has 0 radical (unpaired) electrons. The van der Waals surface area contributed by atoms with Gasteiger partial charge < -0.3 is 34.9 Å². The SMILES string of the molecule is O=c1oc2cc(NC3C(O)OC(CO)[C@H](O)[C@H]3O)ccc2cc1-c1cccs1. The highest BCUT2D eigenvalue weighted by Crippen LogP contribution is 2.28. The summed E-state index contributed by atoms with van der Waals surface area (Å²) >= 11 is 1.44. The van der Waals surface area contributed by atoms with Gasteiger partial charge in [0.15, 0.2) is 6.29 Å². The lowest BCUT2D eigenvalue weighted by Gasteiger charge is -2.40. The fourth-order valence-electron chi connectivity index (χ4n) is 3.25. The first kappa shape index (κ1) is 19.1. The molecule has 3 heterocycles. The largest absolute Gasteiger partial charge is 0.422 e. The van der Waals surface area contributed by atoms with Crippen molar-refractivity contribution >= 4 is 28.0 Å². The molecule has 1 aromatic carbocycles. The maximum absolute atomic E-state index is 12.3. The zero-order valence-electron chi connectivity index (χ0n) is 14.6. The van der Waals surface area contributed by atoms with Crippen molar-refractivity contribution in [2.75, 3.05) is 11.9 Å². The van der Waals surface area contributed by atoms with E-state index in [4.69, 9.17) is 14.3 Å². The zero-order chi connectivity index (χ0) is 19.8. The van der Waals surface area contributed by atoms with Crippen molar-refractivity contribution in [3.8, 4) is 10.4 Å². The molecule has 1 aliphatic rings. The second-order valence-electron chi connectivity index (χ2n) is 6.58. The first-order valence-corrected chi connectivity index (χ1v) is 9.55. The maximum Gasteiger partial charge on any atom is 0.345 e. The minimum atomic E-state index is -1.44. The van der Waals surface area contributed by atoms with Crippen molar-refractivity contribution in [2.24, 2.45) is 0 Å². The van der Waals surface area contributed by atoms with E-state index < -0.39 is 42.9 Å². The Kier molecular flexibility index (Phi) is 5.19. The predicted octanol–water partition coefficient (Wildman–Crippen LogP) is 0.733. The summed E-state index contributed by atoms with van der Waals surface area (Å²) in [6.07, 6.45) is -5.25. The van der Waals surface area contributed by atoms with Crippen LogP contribution in [0.2, 0.25) is 0 Å². The Balaban J connectivity index is 1.62. The van der Waals surface area contributed by atoms with Crippen LogP contribution >= 0.6 is 11.3 Å². The smallest absolute Gasteiger partial charge is 0.345 e. The number of aliphatic hydroxyl groups excluding tert-OH is 4. The van der Waals surface area contributed by atoms with Crippen LogP contribution in [0.5, 0.6) is 0 Å². The van der Waals surface area contributed by atoms with E-state index in [2.05, 4.69) is 5.32 Å². The lowest BCUT2D eigenvalue weighted by Crippen LogP contribution is -2.61. The van der Waals surface area contributed by atoms with Crippen LogP contribution in [0, 0.1) is 0 Å². The number of ether oxygens (including phenoxy) is 1. The second-order valence-corrected chi connectivity index (χ2v) is 7.52. The molecule has 0 bridgehead atoms. The van der Waals surface area contributed by atoms with Crippen LogP contribution in [0.1, 0.15) is 0 Å². The molecule has 148 valence electrons. The van der Waals surface area contributed by atoms with Gasteiger partial charge in [0.2, 0.25) is 0 Å². The molecule has 0 saturated carbocycles. The van der Waals surface area contributed by atoms with Gasteiger partial charge in [0.05, 0.1) is 12.2 Å². The fourth-order valence-corrected chi connectivity index (χ4v) is 3.98. The van der Waals surface area contributed by atoms with Gasteiger partial charge in [-0.3, -0.25) is 0 Å². The lowest BCUT2D eigenvalue weighted by molar-refractivity contribution is -0.245. The van der Waals surface area contributed by atoms with Crippen molar-refractivity contribution in [3.05, 3.63) is 52.2 Å². The summed E-state index contributed by atoms with van der Waals surface area (Å²) in [6.45, 7) is -0.532. The third-order valence-corrected chi connectivity index (χ3v) is 5.66. The highest BCUT2D eigenvalue weighted by atomic mass is 32.1. The Morgan fingerprint density at radius 2 is 1.93 bits per heavy atom. The number of hydrogen-bond donors (Lipinski definition) is 5. The van der Waals surface area contributed by atoms with Crippen LogP contribution in [0.15, 0.2) is 51.0 Å². The van der Waals surface area contributed by atoms with Crippen molar-refractivity contribution in [1.82, 2.24) is 0 Å². The highest BCUT2D eigenvalue weighted by Gasteiger charge is 2.43. The summed E-state index contributed by atoms with van der Waals surface area (Å²) in [4.78, 5) is 13.1. The minimum absolute atomic E-state index is 0.338. The third-order valence-electron chi connectivity index (χ3n) is 4.76. The predicted molar refractivity (Wildman–Crippen MR) is 103 cm³/mol. The molecule has 5 N–H and O–H groups in total. The standard InChI is InChI=1S/C19H19NO7S/c21-8-13-16(22)17(23)15(19(25)27-13)20-10-4-3-9-6-11(14-2-1-5-28-14)18(24)26-12(9)7-10/h1-7,13,15-17,19-23,25H,8H2/t13?,15?,16-,17-,19?/m0/s1. The summed E-state index contributed by atoms with van der Waals surface area (Å²) in [5, 5.41) is 44.9. The molecule has 2 aromatic heterocycles. The van der Waals surface area contributed by atoms with Gasteiger partial charge in [-0.05, 0) is 29.6 Å². The van der Waals surface area contributed by atoms with Crippen LogP contribution in [-0.2, 0) is 4.74 Å². The summed E-state index contributed by atoms with van der Waals surface area (Å²) in [7, 11) is 0. The van der Waals surface area contributed by atoms with Crippen LogP contribution < -0.4 is 10.9 Å². The van der Waals surface area contributed by atoms with E-state index in [-0.39, 0.29) is 0 Å². The molecule has 28 heavy (non-hydrogen) atoms. The van der Waals surface area contributed by atoms with E-state index in [1.165, 1.54) is 11.3 Å². The van der Waals surface area contributed by atoms with Crippen molar-refractivity contribution in [3.63, 3.8) is 0 Å². The molecule has 1 aliphatic heterocycles. The van der Waals surface area contributed by atoms with Gasteiger partial charge in [-0.1, -0.05) is 6.07 Å². The number of fused-ring (bicyclic) bond motifs is 1. The quantitative estimate of drug-likeness (QED) is 0.402. The normalized spacial score (nSPS) is 27.8. The number of benzene rings is 1. The topological polar surface area (TPSA) is 132 Å². The van der Waals surface area contributed by atoms with Gasteiger partial charge in [0.25, 0.3) is 0 Å². The number of thiophene rings is 1. The van der Waals surface area contributed by atoms with Crippen molar-refractivity contribution in [1.29, 1.82) is 0 Å². The Bertz CT molecular complexity index is 1020. The molecule has 0 spiro atoms. The average Bonchev–Trinajstić information content (AvgIpc) is 3.22. The summed E-state index contributed by atoms with van der Waals surface area (Å²) < 4.78 is 10.6. The monoisotopic (exact) mass is 405 g/mol. The van der Waals surface area contributed by atoms with E-state index >= 15 is 0 Å². The first-order valence-electron chi connectivity index (χ1n) is 8.67. The number of rotatable bonds is 4. The number of nitrogens with one attached hydrogen (secondary N) is 1. The van der Waals surface area contributed by atoms with Gasteiger partial charge in [-0.25, -0.2) is 4.79 Å². The van der Waals surface area contributed by atoms with Crippen molar-refractivity contribution in [2.45, 2.75) is 30.6 Å². The fraction of sp³-hybridized carbons (Fsp3) is 0.316. The van der Waals surface area contributed by atoms with E-state index in [0.717, 1.165) is 10.3 Å². The molecule has 8 nitrogen and oxygen atoms in total. The maximum atomic E-state index is 12.3. The van der Waals surface area contributed by atoms with E-state index in [0.29, 0.717) is 16.8 Å². The number of aliphatic hydroxyl groups is 4. The molecule has 5 atom stereocenters. The van der Waals surface area contributed by atoms with Gasteiger partial charge >= 0.3 is 5.63 Å². The van der Waals surface area contributed by atoms with Crippen LogP contribution in [0.4, 0.5) is 5.69 Å². The summed E-state index contributed by atoms with van der Waals surface area (Å²) in [5.74, 6) is 0. The molecule has 0 aliphatic carbocycles. The minimum Gasteiger partial charge on any atom is -0.422 e. The lowest BCUT2D eigenvalue weighted by atomic mass is 9.97. The molecular formula is C19H19NO7S. The average molecular weight is 405 g/mol. The zero-order valence-corrected chi connectivity index (χ0v) is 15.4. The third kappa shape index (κ3) is 3.44. The Morgan fingerprint density at radius 1 is 1.11 bits per heavy atom. The Morgan fingerprint density at radius 3 is 2.64 bits per heavy atom. The molecule has 3 unspecified atom stereocenters. The second kappa shape index (κ2) is 7.63. The molecule has 4 rings (SSSR count). The van der Waals surface area contributed by atoms with E-state index in [9.17, 15) is 20.1 Å². The van der Waals surface area contributed by atoms with Gasteiger partial charge in [-0.15, -0.1) is 11.3 Å². The Hall–Kier alpha value is -2.27. The van der Waals surface area contributed by atoms with Crippen LogP contribution in [0.3, 0.4) is 0 Å². The number of anilines is 1. The first-order chi connectivity index (χ1) is 13.5. The van der Waals surface area contributed by atoms with Gasteiger partial charge in [0, 0.05) is 22.0 Å². The van der Waals surface area contributed by atoms with E-state index in [1.54, 1.807) is 24.3 Å². The van der Waals surface area contributed by atoms with E-state index in [1.807, 2.05) is 17.5 Å². The van der Waals surface area contributed by atoms with Gasteiger partial charge in [0.1, 0.15) is 29.9 Å². The van der Waals surface area contributed by atoms with Crippen molar-refractivity contribution < 1.29 is 29.6 Å². The molecule has 1 fully saturated rings. The number of hydrogen-bond acceptors (Lipinski definition) is 9. The molecule has 3 aromatic rings. The summed E-state index contributed by atoms with van der Waals surface area (Å²) in [5.41, 5.74) is 0.813. The van der Waals surface area contributed by atoms with Crippen LogP contribution in [0.25, 0.3) is 21.4 Å². The molecular weight excluding hydrogens is 386 g/mol. The Labute approximate surface area is 163 Å². The highest BCUT2D eigenvalue weighted by molar-refractivity contribution is 7.13. The summed E-state index contributed by atoms with van der Waals surface area (Å²) in [6, 6.07) is 9.42.